The topological polar surface area (TPSA) is 325 Å². The molecule has 29 heteroatoms. The van der Waals surface area contributed by atoms with Gasteiger partial charge in [-0.1, -0.05) is 99.6 Å². The Balaban J connectivity index is 1.34. The first kappa shape index (κ1) is 75.6. The number of urea groups is 1. The van der Waals surface area contributed by atoms with Crippen LogP contribution < -0.4 is 42.0 Å². The first-order valence-electron chi connectivity index (χ1n) is 29.8. The molecule has 2 aromatic rings. The summed E-state index contributed by atoms with van der Waals surface area (Å²) >= 11 is 20.1. The van der Waals surface area contributed by atoms with E-state index in [1.807, 2.05) is 6.92 Å². The molecule has 2 aromatic carbocycles. The van der Waals surface area contributed by atoms with Crippen LogP contribution in [0.3, 0.4) is 0 Å². The van der Waals surface area contributed by atoms with E-state index >= 15 is 4.39 Å². The number of esters is 2. The molecule has 0 saturated carbocycles. The summed E-state index contributed by atoms with van der Waals surface area (Å²) in [6.07, 6.45) is 1.01. The van der Waals surface area contributed by atoms with Crippen molar-refractivity contribution in [2.24, 2.45) is 23.5 Å². The minimum absolute atomic E-state index is 0.00185. The van der Waals surface area contributed by atoms with E-state index in [0.29, 0.717) is 41.9 Å². The number of primary amides is 1. The summed E-state index contributed by atoms with van der Waals surface area (Å²) in [5.41, 5.74) is 1.96. The molecule has 91 heavy (non-hydrogen) atoms. The van der Waals surface area contributed by atoms with E-state index in [4.69, 9.17) is 57.4 Å². The maximum absolute atomic E-state index is 16.2. The number of likely N-dealkylation sites (N-methyl/N-ethyl adjacent to an activating group) is 1. The van der Waals surface area contributed by atoms with E-state index in [9.17, 15) is 48.3 Å². The molecule has 0 radical (unpaired) electrons. The van der Waals surface area contributed by atoms with Crippen LogP contribution in [0.4, 0.5) is 25.4 Å². The molecule has 0 unspecified atom stereocenters. The molecule has 8 N–H and O–H groups in total. The quantitative estimate of drug-likeness (QED) is 0.0163. The lowest BCUT2D eigenvalue weighted by Gasteiger charge is -2.42. The Labute approximate surface area is 556 Å². The number of halogens is 5. The van der Waals surface area contributed by atoms with Crippen LogP contribution in [-0.4, -0.2) is 169 Å². The summed E-state index contributed by atoms with van der Waals surface area (Å²) < 4.78 is 51.4. The molecule has 24 nitrogen and oxygen atoms in total. The third kappa shape index (κ3) is 20.2. The van der Waals surface area contributed by atoms with Gasteiger partial charge in [-0.25, -0.2) is 18.8 Å². The van der Waals surface area contributed by atoms with Gasteiger partial charge >= 0.3 is 24.1 Å². The lowest BCUT2D eigenvalue weighted by molar-refractivity contribution is -0.161. The number of ether oxygens (including phenoxy) is 6. The largest absolute Gasteiger partial charge is 0.495 e. The molecule has 3 aliphatic rings. The molecular formula is C62H85Br2Cl2FN8O16. The van der Waals surface area contributed by atoms with Crippen LogP contribution in [0, 0.1) is 23.6 Å². The van der Waals surface area contributed by atoms with E-state index in [-0.39, 0.29) is 65.6 Å². The third-order valence-corrected chi connectivity index (χ3v) is 18.6. The van der Waals surface area contributed by atoms with Crippen molar-refractivity contribution < 1.29 is 81.1 Å². The number of unbranched alkanes of at least 4 members (excludes halogenated alkanes) is 1. The van der Waals surface area contributed by atoms with Crippen molar-refractivity contribution in [2.75, 3.05) is 55.7 Å². The number of rotatable bonds is 25. The molecule has 2 saturated heterocycles. The van der Waals surface area contributed by atoms with E-state index < -0.39 is 142 Å². The van der Waals surface area contributed by atoms with E-state index in [0.717, 1.165) is 22.6 Å². The smallest absolute Gasteiger partial charge is 0.409 e. The van der Waals surface area contributed by atoms with Gasteiger partial charge in [-0.15, -0.1) is 0 Å². The Morgan fingerprint density at radius 2 is 1.68 bits per heavy atom. The Morgan fingerprint density at radius 1 is 1.00 bits per heavy atom. The van der Waals surface area contributed by atoms with Gasteiger partial charge in [-0.2, -0.15) is 0 Å². The van der Waals surface area contributed by atoms with Crippen molar-refractivity contribution in [3.05, 3.63) is 75.1 Å². The normalized spacial score (nSPS) is 23.8. The number of anilines is 2. The number of fused-ring (bicyclic) bond motifs is 5. The number of carbonyl (C=O) groups is 9. The Bertz CT molecular complexity index is 3080. The monoisotopic (exact) mass is 1440 g/mol. The fourth-order valence-corrected chi connectivity index (χ4v) is 12.8. The molecule has 3 heterocycles. The number of nitrogens with one attached hydrogen (secondary N) is 5. The predicted molar refractivity (Wildman–Crippen MR) is 346 cm³/mol. The van der Waals surface area contributed by atoms with Crippen LogP contribution in [-0.2, 0) is 58.9 Å². The second-order valence-corrected chi connectivity index (χ2v) is 26.4. The number of allylic oxidation sites excluding steroid dienone is 3. The number of nitrogens with zero attached hydrogens (tertiary/aromatic N) is 2. The number of methoxy groups -OCH3 is 2. The molecule has 0 spiro atoms. The molecule has 10 atom stereocenters. The van der Waals surface area contributed by atoms with Gasteiger partial charge in [0.05, 0.1) is 47.5 Å². The first-order chi connectivity index (χ1) is 42.6. The highest BCUT2D eigenvalue weighted by molar-refractivity contribution is 9.09. The number of epoxide rings is 1. The van der Waals surface area contributed by atoms with Crippen LogP contribution >= 0.6 is 55.1 Å². The Kier molecular flexibility index (Phi) is 27.5. The molecular weight excluding hydrogens is 1360 g/mol. The minimum Gasteiger partial charge on any atom is -0.495 e. The van der Waals surface area contributed by atoms with Crippen LogP contribution in [0.15, 0.2) is 48.1 Å². The minimum atomic E-state index is -1.95. The summed E-state index contributed by atoms with van der Waals surface area (Å²) in [6, 6.07) is 0.383. The van der Waals surface area contributed by atoms with Gasteiger partial charge in [-0.05, 0) is 109 Å². The maximum atomic E-state index is 16.2. The van der Waals surface area contributed by atoms with Crippen molar-refractivity contribution >= 4 is 120 Å². The number of hydrogen-bond donors (Lipinski definition) is 7. The number of aliphatic hydroxyl groups is 1. The maximum Gasteiger partial charge on any atom is 0.409 e. The first-order valence-corrected chi connectivity index (χ1v) is 32.8. The van der Waals surface area contributed by atoms with E-state index in [1.54, 1.807) is 71.9 Å². The number of alkyl carbamates (subject to hydrolysis) is 1. The number of carbonyl (C=O) groups excluding carboxylic acids is 9. The second-order valence-electron chi connectivity index (χ2n) is 24.3. The van der Waals surface area contributed by atoms with Crippen molar-refractivity contribution in [1.29, 1.82) is 0 Å². The van der Waals surface area contributed by atoms with Gasteiger partial charge in [0.2, 0.25) is 23.6 Å². The SMILES string of the molecule is COc1cc2cc(c1Cl)N(C)C(=O)C[C@H](OC(=O)[C@H](C)N(C)C(=O)c1cc(F)c(NC(=O)[C@H](CCCNC(N)=O)NC(=O)[C@@H](NC(=O)CCCCC(C)(C)OC(=O)C(CBr)CBr)C(C)C)cc1Cl)[C@]1(C)O[C@H]1[C@H](C)[C@@H]1C[C@@](O)(NC(=O)O1)[C@H](OC)/C=C/C=C(\C)C2. The van der Waals surface area contributed by atoms with Gasteiger partial charge in [0.1, 0.15) is 64.2 Å². The van der Waals surface area contributed by atoms with Crippen LogP contribution in [0.2, 0.25) is 10.0 Å². The Morgan fingerprint density at radius 3 is 2.31 bits per heavy atom. The molecule has 0 aromatic heterocycles. The average Bonchev–Trinajstić information content (AvgIpc) is 1.58. The summed E-state index contributed by atoms with van der Waals surface area (Å²) in [7, 11) is 5.54. The van der Waals surface area contributed by atoms with Crippen LogP contribution in [0.1, 0.15) is 123 Å². The summed E-state index contributed by atoms with van der Waals surface area (Å²) in [5.74, 6) is -7.44. The molecule has 3 aliphatic heterocycles. The van der Waals surface area contributed by atoms with Gasteiger partial charge in [0.15, 0.2) is 5.72 Å². The lowest BCUT2D eigenvalue weighted by Crippen LogP contribution is -2.63. The zero-order valence-electron chi connectivity index (χ0n) is 53.2. The van der Waals surface area contributed by atoms with Crippen molar-refractivity contribution in [3.63, 3.8) is 0 Å². The highest BCUT2D eigenvalue weighted by atomic mass is 79.9. The van der Waals surface area contributed by atoms with Gasteiger partial charge < -0.3 is 70.3 Å². The highest BCUT2D eigenvalue weighted by Gasteiger charge is 2.64. The summed E-state index contributed by atoms with van der Waals surface area (Å²) in [4.78, 5) is 124. The highest BCUT2D eigenvalue weighted by Crippen LogP contribution is 2.49. The van der Waals surface area contributed by atoms with Gasteiger partial charge in [0.25, 0.3) is 5.91 Å². The molecule has 2 fully saturated rings. The fraction of sp³-hybridized carbons (Fsp3) is 0.597. The summed E-state index contributed by atoms with van der Waals surface area (Å²) in [6.45, 7) is 13.5. The molecule has 8 amide bonds. The number of alkyl halides is 2. The van der Waals surface area contributed by atoms with E-state index in [2.05, 4.69) is 58.4 Å². The zero-order chi connectivity index (χ0) is 68.0. The van der Waals surface area contributed by atoms with Crippen molar-refractivity contribution in [2.45, 2.75) is 173 Å². The molecule has 5 rings (SSSR count). The number of amides is 8. The lowest BCUT2D eigenvalue weighted by atomic mass is 9.83. The zero-order valence-corrected chi connectivity index (χ0v) is 57.9. The Hall–Kier alpha value is -6.10. The predicted octanol–water partition coefficient (Wildman–Crippen LogP) is 7.92. The average molecular weight is 1450 g/mol. The van der Waals surface area contributed by atoms with E-state index in [1.165, 1.54) is 40.1 Å². The molecule has 504 valence electrons. The standard InChI is InChI=1S/C62H85Br2Cl2FN8O16/c1-32(2)51(72-48(76)20-13-14-21-60(6,7)91-57(82)37(30-63)31-64)54(79)70-41(18-16-22-69-58(68)83)53(78)71-42-27-39(65)38(26-40(42)67)55(80)74(9)35(5)56(81)89-47-28-49(77)75(10)43-24-36(25-44(86-11)50(43)66)23-33(3)17-15-19-46(87-12)62(85)29-45(88-59(84)73-62)34(4)52-61(47,8)90-52/h15,17,19,24-27,32,34-35,37,41,45-47,51-52,85H,13-14,16,18,20-23,28-31H2,1-12H3,(H,70,79)(H,71,78)(H,72,76)(H,73,84)(H3,68,69,83)/b19-15+,33-17+/t34-,35+,41+,45+,46-,47+,51+,52+,61+,62+/m1/s1. The van der Waals surface area contributed by atoms with Gasteiger partial charge in [0, 0.05) is 57.2 Å². The third-order valence-electron chi connectivity index (χ3n) is 16.4. The van der Waals surface area contributed by atoms with Crippen molar-refractivity contribution in [3.8, 4) is 5.75 Å². The second kappa shape index (κ2) is 33.1. The number of benzene rings is 2. The molecule has 0 aliphatic carbocycles. The van der Waals surface area contributed by atoms with Gasteiger partial charge in [-0.3, -0.25) is 34.1 Å². The number of nitrogens with two attached hydrogens (primary N) is 1. The van der Waals surface area contributed by atoms with Crippen LogP contribution in [0.5, 0.6) is 5.75 Å². The fourth-order valence-electron chi connectivity index (χ4n) is 10.6. The summed E-state index contributed by atoms with van der Waals surface area (Å²) in [5, 5.41) is 25.2. The number of hydrogen-bond acceptors (Lipinski definition) is 16. The van der Waals surface area contributed by atoms with Crippen molar-refractivity contribution in [1.82, 2.24) is 26.2 Å². The molecule has 4 bridgehead atoms. The van der Waals surface area contributed by atoms with Crippen LogP contribution in [0.25, 0.3) is 0 Å².